The Labute approximate surface area is 130 Å². The molecule has 0 heterocycles. The normalized spacial score (nSPS) is 27.8. The number of aliphatic hydroxyl groups excluding tert-OH is 1. The monoisotopic (exact) mass is 289 g/mol. The summed E-state index contributed by atoms with van der Waals surface area (Å²) < 4.78 is 0. The van der Waals surface area contributed by atoms with Crippen molar-refractivity contribution in [2.24, 2.45) is 17.8 Å². The zero-order valence-corrected chi connectivity index (χ0v) is 13.8. The molecule has 0 saturated heterocycles. The molecular formula is C19H31NO. The van der Waals surface area contributed by atoms with Gasteiger partial charge in [-0.15, -0.1) is 0 Å². The Morgan fingerprint density at radius 3 is 2.52 bits per heavy atom. The molecule has 0 amide bonds. The molecule has 21 heavy (non-hydrogen) atoms. The van der Waals surface area contributed by atoms with Gasteiger partial charge in [0.2, 0.25) is 0 Å². The summed E-state index contributed by atoms with van der Waals surface area (Å²) in [4.78, 5) is 0. The van der Waals surface area contributed by atoms with Crippen molar-refractivity contribution in [2.45, 2.75) is 58.5 Å². The van der Waals surface area contributed by atoms with Crippen LogP contribution >= 0.6 is 0 Å². The van der Waals surface area contributed by atoms with Gasteiger partial charge in [-0.05, 0) is 42.6 Å². The lowest BCUT2D eigenvalue weighted by Crippen LogP contribution is -2.49. The van der Waals surface area contributed by atoms with E-state index in [4.69, 9.17) is 0 Å². The van der Waals surface area contributed by atoms with E-state index in [2.05, 4.69) is 50.4 Å². The lowest BCUT2D eigenvalue weighted by molar-refractivity contribution is 0.139. The van der Waals surface area contributed by atoms with Gasteiger partial charge in [-0.2, -0.15) is 0 Å². The van der Waals surface area contributed by atoms with Crippen molar-refractivity contribution in [3.05, 3.63) is 35.9 Å². The van der Waals surface area contributed by atoms with Crippen molar-refractivity contribution >= 4 is 0 Å². The molecule has 2 N–H and O–H groups in total. The van der Waals surface area contributed by atoms with E-state index in [0.29, 0.717) is 12.0 Å². The third kappa shape index (κ3) is 4.82. The summed E-state index contributed by atoms with van der Waals surface area (Å²) in [5.41, 5.74) is 1.30. The molecule has 1 aromatic carbocycles. The average molecular weight is 289 g/mol. The Kier molecular flexibility index (Phi) is 6.25. The average Bonchev–Trinajstić information content (AvgIpc) is 2.47. The molecule has 0 spiro atoms. The number of hydrogen-bond acceptors (Lipinski definition) is 2. The van der Waals surface area contributed by atoms with E-state index in [1.807, 2.05) is 6.07 Å². The Bertz CT molecular complexity index is 403. The quantitative estimate of drug-likeness (QED) is 0.838. The van der Waals surface area contributed by atoms with Crippen LogP contribution in [0, 0.1) is 17.8 Å². The summed E-state index contributed by atoms with van der Waals surface area (Å²) >= 11 is 0. The Balaban J connectivity index is 1.98. The van der Waals surface area contributed by atoms with Crippen molar-refractivity contribution in [1.82, 2.24) is 5.32 Å². The van der Waals surface area contributed by atoms with Crippen molar-refractivity contribution < 1.29 is 5.11 Å². The van der Waals surface area contributed by atoms with Gasteiger partial charge in [-0.25, -0.2) is 0 Å². The molecule has 0 radical (unpaired) electrons. The molecule has 1 aromatic rings. The van der Waals surface area contributed by atoms with E-state index in [0.717, 1.165) is 18.3 Å². The minimum absolute atomic E-state index is 0.170. The third-order valence-electron chi connectivity index (χ3n) is 5.02. The molecule has 0 bridgehead atoms. The molecule has 2 heteroatoms. The van der Waals surface area contributed by atoms with Crippen molar-refractivity contribution in [3.63, 3.8) is 0 Å². The van der Waals surface area contributed by atoms with Gasteiger partial charge in [0, 0.05) is 12.1 Å². The lowest BCUT2D eigenvalue weighted by Gasteiger charge is -2.39. The van der Waals surface area contributed by atoms with Gasteiger partial charge in [0.15, 0.2) is 0 Å². The third-order valence-corrected chi connectivity index (χ3v) is 5.02. The summed E-state index contributed by atoms with van der Waals surface area (Å²) in [6, 6.07) is 11.2. The number of aliphatic hydroxyl groups is 1. The number of rotatable bonds is 6. The van der Waals surface area contributed by atoms with Gasteiger partial charge in [0.25, 0.3) is 0 Å². The van der Waals surface area contributed by atoms with Gasteiger partial charge >= 0.3 is 0 Å². The van der Waals surface area contributed by atoms with Gasteiger partial charge in [-0.1, -0.05) is 57.5 Å². The van der Waals surface area contributed by atoms with Gasteiger partial charge in [-0.3, -0.25) is 0 Å². The van der Waals surface area contributed by atoms with Crippen molar-refractivity contribution in [2.75, 3.05) is 6.61 Å². The zero-order valence-electron chi connectivity index (χ0n) is 13.8. The maximum atomic E-state index is 9.75. The highest BCUT2D eigenvalue weighted by Gasteiger charge is 2.31. The molecule has 118 valence electrons. The molecular weight excluding hydrogens is 258 g/mol. The summed E-state index contributed by atoms with van der Waals surface area (Å²) in [5.74, 6) is 2.26. The summed E-state index contributed by atoms with van der Waals surface area (Å²) in [7, 11) is 0. The van der Waals surface area contributed by atoms with E-state index in [-0.39, 0.29) is 12.6 Å². The summed E-state index contributed by atoms with van der Waals surface area (Å²) in [5, 5.41) is 13.5. The highest BCUT2D eigenvalue weighted by Crippen LogP contribution is 2.33. The topological polar surface area (TPSA) is 32.3 Å². The van der Waals surface area contributed by atoms with Crippen LogP contribution in [0.3, 0.4) is 0 Å². The van der Waals surface area contributed by atoms with Crippen LogP contribution in [0.1, 0.15) is 45.6 Å². The van der Waals surface area contributed by atoms with Gasteiger partial charge in [0.1, 0.15) is 0 Å². The Morgan fingerprint density at radius 2 is 1.90 bits per heavy atom. The summed E-state index contributed by atoms with van der Waals surface area (Å²) in [6.07, 6.45) is 4.82. The van der Waals surface area contributed by atoms with Crippen LogP contribution in [-0.4, -0.2) is 23.8 Å². The first-order valence-electron chi connectivity index (χ1n) is 8.51. The highest BCUT2D eigenvalue weighted by atomic mass is 16.3. The molecule has 1 saturated carbocycles. The predicted molar refractivity (Wildman–Crippen MR) is 89.3 cm³/mol. The van der Waals surface area contributed by atoms with Crippen LogP contribution in [0.2, 0.25) is 0 Å². The van der Waals surface area contributed by atoms with Crippen LogP contribution in [0.15, 0.2) is 30.3 Å². The SMILES string of the molecule is CC1CCC(C(C)C)C(N[C@@H](CO)Cc2ccccc2)C1. The largest absolute Gasteiger partial charge is 0.395 e. The van der Waals surface area contributed by atoms with Crippen LogP contribution in [0.4, 0.5) is 0 Å². The minimum Gasteiger partial charge on any atom is -0.395 e. The number of nitrogens with one attached hydrogen (secondary N) is 1. The first kappa shape index (κ1) is 16.5. The molecule has 3 unspecified atom stereocenters. The van der Waals surface area contributed by atoms with E-state index >= 15 is 0 Å². The molecule has 1 aliphatic rings. The van der Waals surface area contributed by atoms with E-state index in [1.54, 1.807) is 0 Å². The lowest BCUT2D eigenvalue weighted by atomic mass is 9.73. The maximum Gasteiger partial charge on any atom is 0.0587 e. The second kappa shape index (κ2) is 7.95. The first-order chi connectivity index (χ1) is 10.1. The standard InChI is InChI=1S/C19H31NO/c1-14(2)18-10-9-15(3)11-19(18)20-17(13-21)12-16-7-5-4-6-8-16/h4-8,14-15,17-21H,9-13H2,1-3H3/t15?,17-,18?,19?/m1/s1. The van der Waals surface area contributed by atoms with Crippen LogP contribution < -0.4 is 5.32 Å². The van der Waals surface area contributed by atoms with Crippen LogP contribution in [0.5, 0.6) is 0 Å². The number of hydrogen-bond donors (Lipinski definition) is 2. The zero-order chi connectivity index (χ0) is 15.2. The highest BCUT2D eigenvalue weighted by molar-refractivity contribution is 5.16. The fourth-order valence-electron chi connectivity index (χ4n) is 3.77. The van der Waals surface area contributed by atoms with Crippen LogP contribution in [0.25, 0.3) is 0 Å². The minimum atomic E-state index is 0.170. The molecule has 0 aromatic heterocycles. The van der Waals surface area contributed by atoms with Crippen LogP contribution in [-0.2, 0) is 6.42 Å². The fraction of sp³-hybridized carbons (Fsp3) is 0.684. The van der Waals surface area contributed by atoms with E-state index < -0.39 is 0 Å². The van der Waals surface area contributed by atoms with Gasteiger partial charge in [0.05, 0.1) is 6.61 Å². The number of benzene rings is 1. The molecule has 2 rings (SSSR count). The van der Waals surface area contributed by atoms with Gasteiger partial charge < -0.3 is 10.4 Å². The van der Waals surface area contributed by atoms with E-state index in [9.17, 15) is 5.11 Å². The molecule has 2 nitrogen and oxygen atoms in total. The second-order valence-corrected chi connectivity index (χ2v) is 7.17. The second-order valence-electron chi connectivity index (χ2n) is 7.17. The van der Waals surface area contributed by atoms with Crippen molar-refractivity contribution in [1.29, 1.82) is 0 Å². The Morgan fingerprint density at radius 1 is 1.19 bits per heavy atom. The van der Waals surface area contributed by atoms with Crippen molar-refractivity contribution in [3.8, 4) is 0 Å². The molecule has 1 fully saturated rings. The van der Waals surface area contributed by atoms with E-state index in [1.165, 1.54) is 24.8 Å². The molecule has 0 aliphatic heterocycles. The maximum absolute atomic E-state index is 9.75. The Hall–Kier alpha value is -0.860. The molecule has 1 aliphatic carbocycles. The summed E-state index contributed by atoms with van der Waals surface area (Å²) in [6.45, 7) is 7.24. The smallest absolute Gasteiger partial charge is 0.0587 e. The molecule has 4 atom stereocenters. The predicted octanol–water partition coefficient (Wildman–Crippen LogP) is 3.64. The fourth-order valence-corrected chi connectivity index (χ4v) is 3.77. The first-order valence-corrected chi connectivity index (χ1v) is 8.51.